The van der Waals surface area contributed by atoms with Crippen LogP contribution in [-0.4, -0.2) is 13.2 Å². The largest absolute Gasteiger partial charge is 0.494 e. The molecule has 0 aliphatic carbocycles. The summed E-state index contributed by atoms with van der Waals surface area (Å²) in [4.78, 5) is 0. The van der Waals surface area contributed by atoms with Gasteiger partial charge in [-0.15, -0.1) is 0 Å². The summed E-state index contributed by atoms with van der Waals surface area (Å²) in [6.45, 7) is 5.46. The van der Waals surface area contributed by atoms with Gasteiger partial charge in [-0.1, -0.05) is 6.92 Å². The molecule has 1 aliphatic rings. The van der Waals surface area contributed by atoms with Crippen LogP contribution in [-0.2, 0) is 5.54 Å². The van der Waals surface area contributed by atoms with E-state index >= 15 is 0 Å². The highest BCUT2D eigenvalue weighted by atomic mass is 16.5. The first kappa shape index (κ1) is 11.3. The van der Waals surface area contributed by atoms with Crippen LogP contribution >= 0.6 is 0 Å². The minimum atomic E-state index is -0.263. The van der Waals surface area contributed by atoms with E-state index in [0.29, 0.717) is 13.2 Å². The van der Waals surface area contributed by atoms with Crippen molar-refractivity contribution in [2.24, 2.45) is 5.73 Å². The van der Waals surface area contributed by atoms with Crippen LogP contribution < -0.4 is 15.2 Å². The zero-order chi connectivity index (χ0) is 11.6. The van der Waals surface area contributed by atoms with Crippen molar-refractivity contribution in [2.75, 3.05) is 13.2 Å². The van der Waals surface area contributed by atoms with Gasteiger partial charge in [-0.2, -0.15) is 0 Å². The highest BCUT2D eigenvalue weighted by Crippen LogP contribution is 2.39. The Balaban J connectivity index is 2.40. The molecule has 0 bridgehead atoms. The number of benzene rings is 1. The van der Waals surface area contributed by atoms with Crippen molar-refractivity contribution in [1.29, 1.82) is 0 Å². The Kier molecular flexibility index (Phi) is 3.06. The fraction of sp³-hybridized carbons (Fsp3) is 0.538. The van der Waals surface area contributed by atoms with E-state index in [1.807, 2.05) is 25.1 Å². The Morgan fingerprint density at radius 2 is 2.25 bits per heavy atom. The molecule has 16 heavy (non-hydrogen) atoms. The first-order chi connectivity index (χ1) is 7.69. The predicted molar refractivity (Wildman–Crippen MR) is 63.9 cm³/mol. The van der Waals surface area contributed by atoms with Crippen LogP contribution in [0, 0.1) is 0 Å². The lowest BCUT2D eigenvalue weighted by Crippen LogP contribution is -2.40. The summed E-state index contributed by atoms with van der Waals surface area (Å²) in [5, 5.41) is 0. The van der Waals surface area contributed by atoms with Gasteiger partial charge in [-0.05, 0) is 31.5 Å². The molecular formula is C13H19NO2. The average Bonchev–Trinajstić information content (AvgIpc) is 2.31. The maximum atomic E-state index is 6.40. The number of ether oxygens (including phenoxy) is 2. The van der Waals surface area contributed by atoms with Crippen molar-refractivity contribution in [1.82, 2.24) is 0 Å². The normalized spacial score (nSPS) is 23.4. The topological polar surface area (TPSA) is 44.5 Å². The first-order valence-electron chi connectivity index (χ1n) is 5.88. The van der Waals surface area contributed by atoms with Crippen LogP contribution in [0.2, 0.25) is 0 Å². The second-order valence-corrected chi connectivity index (χ2v) is 4.20. The molecule has 1 aromatic rings. The molecule has 1 aromatic carbocycles. The lowest BCUT2D eigenvalue weighted by molar-refractivity contribution is 0.211. The highest BCUT2D eigenvalue weighted by Gasteiger charge is 2.32. The molecule has 0 amide bonds. The fourth-order valence-corrected chi connectivity index (χ4v) is 2.13. The van der Waals surface area contributed by atoms with Crippen LogP contribution in [0.4, 0.5) is 0 Å². The van der Waals surface area contributed by atoms with Crippen molar-refractivity contribution in [3.63, 3.8) is 0 Å². The molecule has 1 aliphatic heterocycles. The molecule has 2 rings (SSSR count). The minimum absolute atomic E-state index is 0.263. The molecule has 0 fully saturated rings. The molecule has 1 unspecified atom stereocenters. The minimum Gasteiger partial charge on any atom is -0.494 e. The van der Waals surface area contributed by atoms with E-state index in [4.69, 9.17) is 15.2 Å². The molecule has 3 heteroatoms. The van der Waals surface area contributed by atoms with E-state index in [-0.39, 0.29) is 5.54 Å². The Morgan fingerprint density at radius 1 is 1.44 bits per heavy atom. The smallest absolute Gasteiger partial charge is 0.124 e. The average molecular weight is 221 g/mol. The Bertz CT molecular complexity index is 378. The van der Waals surface area contributed by atoms with Crippen LogP contribution in [0.3, 0.4) is 0 Å². The van der Waals surface area contributed by atoms with Gasteiger partial charge in [0.2, 0.25) is 0 Å². The molecule has 0 spiro atoms. The number of rotatable bonds is 3. The van der Waals surface area contributed by atoms with Crippen molar-refractivity contribution in [3.05, 3.63) is 23.8 Å². The summed E-state index contributed by atoms with van der Waals surface area (Å²) in [6, 6.07) is 5.90. The van der Waals surface area contributed by atoms with E-state index in [1.54, 1.807) is 0 Å². The van der Waals surface area contributed by atoms with Gasteiger partial charge >= 0.3 is 0 Å². The quantitative estimate of drug-likeness (QED) is 0.852. The summed E-state index contributed by atoms with van der Waals surface area (Å²) in [5.41, 5.74) is 7.21. The summed E-state index contributed by atoms with van der Waals surface area (Å²) >= 11 is 0. The second kappa shape index (κ2) is 4.34. The van der Waals surface area contributed by atoms with E-state index in [9.17, 15) is 0 Å². The van der Waals surface area contributed by atoms with Crippen LogP contribution in [0.5, 0.6) is 11.5 Å². The molecule has 1 heterocycles. The van der Waals surface area contributed by atoms with Gasteiger partial charge < -0.3 is 15.2 Å². The first-order valence-corrected chi connectivity index (χ1v) is 5.88. The molecule has 2 N–H and O–H groups in total. The fourth-order valence-electron chi connectivity index (χ4n) is 2.13. The molecular weight excluding hydrogens is 202 g/mol. The SMILES string of the molecule is CCOc1ccc2c(c1)C(N)(CC)CCO2. The molecule has 0 saturated heterocycles. The van der Waals surface area contributed by atoms with E-state index in [1.165, 1.54) is 0 Å². The Labute approximate surface area is 96.5 Å². The lowest BCUT2D eigenvalue weighted by atomic mass is 9.83. The predicted octanol–water partition coefficient (Wildman–Crippen LogP) is 2.43. The van der Waals surface area contributed by atoms with E-state index in [0.717, 1.165) is 29.9 Å². The van der Waals surface area contributed by atoms with E-state index in [2.05, 4.69) is 6.92 Å². The monoisotopic (exact) mass is 221 g/mol. The maximum Gasteiger partial charge on any atom is 0.124 e. The lowest BCUT2D eigenvalue weighted by Gasteiger charge is -2.35. The molecule has 3 nitrogen and oxygen atoms in total. The number of nitrogens with two attached hydrogens (primary N) is 1. The zero-order valence-corrected chi connectivity index (χ0v) is 9.95. The van der Waals surface area contributed by atoms with Crippen molar-refractivity contribution in [2.45, 2.75) is 32.2 Å². The van der Waals surface area contributed by atoms with Crippen LogP contribution in [0.1, 0.15) is 32.3 Å². The third-order valence-corrected chi connectivity index (χ3v) is 3.24. The van der Waals surface area contributed by atoms with Gasteiger partial charge in [0.05, 0.1) is 13.2 Å². The van der Waals surface area contributed by atoms with Crippen LogP contribution in [0.25, 0.3) is 0 Å². The molecule has 88 valence electrons. The third-order valence-electron chi connectivity index (χ3n) is 3.24. The number of hydrogen-bond donors (Lipinski definition) is 1. The van der Waals surface area contributed by atoms with Crippen molar-refractivity contribution in [3.8, 4) is 11.5 Å². The van der Waals surface area contributed by atoms with Crippen molar-refractivity contribution >= 4 is 0 Å². The number of hydrogen-bond acceptors (Lipinski definition) is 3. The third kappa shape index (κ3) is 1.87. The zero-order valence-electron chi connectivity index (χ0n) is 9.95. The summed E-state index contributed by atoms with van der Waals surface area (Å²) in [7, 11) is 0. The summed E-state index contributed by atoms with van der Waals surface area (Å²) in [6.07, 6.45) is 1.78. The Hall–Kier alpha value is -1.22. The standard InChI is InChI=1S/C13H19NO2/c1-3-13(14)7-8-16-12-6-5-10(15-4-2)9-11(12)13/h5-6,9H,3-4,7-8,14H2,1-2H3. The summed E-state index contributed by atoms with van der Waals surface area (Å²) in [5.74, 6) is 1.77. The number of fused-ring (bicyclic) bond motifs is 1. The second-order valence-electron chi connectivity index (χ2n) is 4.20. The highest BCUT2D eigenvalue weighted by molar-refractivity contribution is 5.45. The van der Waals surface area contributed by atoms with Gasteiger partial charge in [0.1, 0.15) is 11.5 Å². The van der Waals surface area contributed by atoms with Gasteiger partial charge in [0, 0.05) is 17.5 Å². The van der Waals surface area contributed by atoms with Gasteiger partial charge in [0.15, 0.2) is 0 Å². The van der Waals surface area contributed by atoms with E-state index < -0.39 is 0 Å². The van der Waals surface area contributed by atoms with Crippen molar-refractivity contribution < 1.29 is 9.47 Å². The molecule has 0 aromatic heterocycles. The van der Waals surface area contributed by atoms with Gasteiger partial charge in [0.25, 0.3) is 0 Å². The molecule has 0 radical (unpaired) electrons. The van der Waals surface area contributed by atoms with Gasteiger partial charge in [-0.25, -0.2) is 0 Å². The maximum absolute atomic E-state index is 6.40. The van der Waals surface area contributed by atoms with Crippen LogP contribution in [0.15, 0.2) is 18.2 Å². The summed E-state index contributed by atoms with van der Waals surface area (Å²) < 4.78 is 11.1. The van der Waals surface area contributed by atoms with Gasteiger partial charge in [-0.3, -0.25) is 0 Å². The molecule has 0 saturated carbocycles. The molecule has 1 atom stereocenters. The Morgan fingerprint density at radius 3 is 2.94 bits per heavy atom.